The molecule has 0 saturated carbocycles. The van der Waals surface area contributed by atoms with Crippen LogP contribution in [0.5, 0.6) is 0 Å². The summed E-state index contributed by atoms with van der Waals surface area (Å²) in [6.45, 7) is 4.68. The van der Waals surface area contributed by atoms with Gasteiger partial charge < -0.3 is 4.74 Å². The molecule has 1 fully saturated rings. The third-order valence-corrected chi connectivity index (χ3v) is 3.80. The number of hydrogen-bond donors (Lipinski definition) is 0. The quantitative estimate of drug-likeness (QED) is 0.764. The van der Waals surface area contributed by atoms with Gasteiger partial charge in [0, 0.05) is 29.0 Å². The van der Waals surface area contributed by atoms with Crippen molar-refractivity contribution >= 4 is 23.4 Å². The summed E-state index contributed by atoms with van der Waals surface area (Å²) in [4.78, 5) is 8.83. The van der Waals surface area contributed by atoms with Crippen LogP contribution in [0.3, 0.4) is 0 Å². The lowest BCUT2D eigenvalue weighted by molar-refractivity contribution is 0.0692. The lowest BCUT2D eigenvalue weighted by Gasteiger charge is -2.21. The molecule has 2 atom stereocenters. The molecule has 0 radical (unpaired) electrons. The lowest BCUT2D eigenvalue weighted by Crippen LogP contribution is -2.18. The number of halogens is 1. The molecule has 2 heterocycles. The standard InChI is InChI=1S/C11H15ClN2OS/c1-7(12)9-5-13-11(14-8(9)2)10-6-16-4-3-15-10/h5,7,10H,3-4,6H2,1-2H3. The van der Waals surface area contributed by atoms with Crippen LogP contribution >= 0.6 is 23.4 Å². The Bertz CT molecular complexity index is 367. The minimum absolute atomic E-state index is 0.0390. The van der Waals surface area contributed by atoms with Crippen LogP contribution in [0.1, 0.15) is 35.5 Å². The Morgan fingerprint density at radius 2 is 2.44 bits per heavy atom. The molecular weight excluding hydrogens is 244 g/mol. The average molecular weight is 259 g/mol. The molecule has 0 aromatic carbocycles. The Labute approximate surface area is 105 Å². The van der Waals surface area contributed by atoms with Gasteiger partial charge in [-0.1, -0.05) is 0 Å². The van der Waals surface area contributed by atoms with Crippen LogP contribution < -0.4 is 0 Å². The number of ether oxygens (including phenoxy) is 1. The summed E-state index contributed by atoms with van der Waals surface area (Å²) in [7, 11) is 0. The third kappa shape index (κ3) is 2.67. The Kier molecular flexibility index (Phi) is 4.05. The summed E-state index contributed by atoms with van der Waals surface area (Å²) in [6, 6.07) is 0. The molecule has 2 unspecified atom stereocenters. The van der Waals surface area contributed by atoms with E-state index in [1.54, 1.807) is 0 Å². The second-order valence-corrected chi connectivity index (χ2v) is 5.62. The zero-order valence-electron chi connectivity index (χ0n) is 9.44. The van der Waals surface area contributed by atoms with Gasteiger partial charge in [-0.05, 0) is 13.8 Å². The van der Waals surface area contributed by atoms with Gasteiger partial charge in [0.2, 0.25) is 0 Å². The van der Waals surface area contributed by atoms with Crippen molar-refractivity contribution in [1.29, 1.82) is 0 Å². The normalized spacial score (nSPS) is 23.1. The first kappa shape index (κ1) is 12.1. The number of nitrogens with zero attached hydrogens (tertiary/aromatic N) is 2. The highest BCUT2D eigenvalue weighted by molar-refractivity contribution is 7.99. The van der Waals surface area contributed by atoms with Crippen LogP contribution in [0.2, 0.25) is 0 Å². The van der Waals surface area contributed by atoms with Crippen LogP contribution in [0.25, 0.3) is 0 Å². The number of rotatable bonds is 2. The summed E-state index contributed by atoms with van der Waals surface area (Å²) < 4.78 is 5.64. The molecule has 1 aromatic heterocycles. The summed E-state index contributed by atoms with van der Waals surface area (Å²) in [6.07, 6.45) is 1.86. The van der Waals surface area contributed by atoms with Gasteiger partial charge in [-0.25, -0.2) is 9.97 Å². The van der Waals surface area contributed by atoms with Crippen LogP contribution in [0.15, 0.2) is 6.20 Å². The largest absolute Gasteiger partial charge is 0.368 e. The average Bonchev–Trinajstić information content (AvgIpc) is 2.29. The topological polar surface area (TPSA) is 35.0 Å². The number of aryl methyl sites for hydroxylation is 1. The molecule has 3 nitrogen and oxygen atoms in total. The minimum Gasteiger partial charge on any atom is -0.368 e. The van der Waals surface area contributed by atoms with E-state index in [2.05, 4.69) is 9.97 Å². The molecule has 0 aliphatic carbocycles. The van der Waals surface area contributed by atoms with Gasteiger partial charge in [0.05, 0.1) is 12.0 Å². The lowest BCUT2D eigenvalue weighted by atomic mass is 10.2. The van der Waals surface area contributed by atoms with E-state index in [1.807, 2.05) is 31.8 Å². The fourth-order valence-corrected chi connectivity index (χ4v) is 2.73. The van der Waals surface area contributed by atoms with Crippen LogP contribution in [0.4, 0.5) is 0 Å². The van der Waals surface area contributed by atoms with E-state index in [9.17, 15) is 0 Å². The first-order valence-corrected chi connectivity index (χ1v) is 6.94. The fraction of sp³-hybridized carbons (Fsp3) is 0.636. The van der Waals surface area contributed by atoms with E-state index in [0.717, 1.165) is 35.2 Å². The maximum atomic E-state index is 6.03. The minimum atomic E-state index is -0.0456. The van der Waals surface area contributed by atoms with Gasteiger partial charge in [0.25, 0.3) is 0 Å². The molecule has 0 spiro atoms. The monoisotopic (exact) mass is 258 g/mol. The molecular formula is C11H15ClN2OS. The van der Waals surface area contributed by atoms with Crippen molar-refractivity contribution in [2.75, 3.05) is 18.1 Å². The maximum Gasteiger partial charge on any atom is 0.158 e. The van der Waals surface area contributed by atoms with Gasteiger partial charge in [0.15, 0.2) is 5.82 Å². The van der Waals surface area contributed by atoms with Gasteiger partial charge in [0.1, 0.15) is 6.10 Å². The Balaban J connectivity index is 2.19. The Morgan fingerprint density at radius 1 is 1.62 bits per heavy atom. The summed E-state index contributed by atoms with van der Waals surface area (Å²) in [5.74, 6) is 2.78. The second-order valence-electron chi connectivity index (χ2n) is 3.82. The smallest absolute Gasteiger partial charge is 0.158 e. The molecule has 0 bridgehead atoms. The highest BCUT2D eigenvalue weighted by Crippen LogP contribution is 2.26. The van der Waals surface area contributed by atoms with Crippen molar-refractivity contribution in [3.63, 3.8) is 0 Å². The molecule has 0 amide bonds. The third-order valence-electron chi connectivity index (χ3n) is 2.57. The van der Waals surface area contributed by atoms with Gasteiger partial charge in [-0.3, -0.25) is 0 Å². The molecule has 1 aliphatic heterocycles. The van der Waals surface area contributed by atoms with E-state index < -0.39 is 0 Å². The number of alkyl halides is 1. The van der Waals surface area contributed by atoms with Gasteiger partial charge in [-0.15, -0.1) is 11.6 Å². The van der Waals surface area contributed by atoms with E-state index in [4.69, 9.17) is 16.3 Å². The molecule has 1 aliphatic rings. The maximum absolute atomic E-state index is 6.03. The summed E-state index contributed by atoms with van der Waals surface area (Å²) in [5.41, 5.74) is 1.94. The van der Waals surface area contributed by atoms with Gasteiger partial charge in [-0.2, -0.15) is 11.8 Å². The van der Waals surface area contributed by atoms with Crippen molar-refractivity contribution in [2.24, 2.45) is 0 Å². The number of hydrogen-bond acceptors (Lipinski definition) is 4. The zero-order valence-corrected chi connectivity index (χ0v) is 11.0. The molecule has 2 rings (SSSR count). The van der Waals surface area contributed by atoms with E-state index in [-0.39, 0.29) is 11.5 Å². The predicted molar refractivity (Wildman–Crippen MR) is 67.1 cm³/mol. The van der Waals surface area contributed by atoms with Crippen molar-refractivity contribution in [3.05, 3.63) is 23.3 Å². The second kappa shape index (κ2) is 5.34. The summed E-state index contributed by atoms with van der Waals surface area (Å²) in [5, 5.41) is -0.0456. The molecule has 1 saturated heterocycles. The Hall–Kier alpha value is -0.320. The molecule has 0 N–H and O–H groups in total. The van der Waals surface area contributed by atoms with Crippen molar-refractivity contribution in [2.45, 2.75) is 25.3 Å². The number of aromatic nitrogens is 2. The van der Waals surface area contributed by atoms with Crippen LogP contribution in [-0.2, 0) is 4.74 Å². The SMILES string of the molecule is Cc1nc(C2CSCCO2)ncc1C(C)Cl. The first-order valence-electron chi connectivity index (χ1n) is 5.35. The van der Waals surface area contributed by atoms with Crippen LogP contribution in [-0.4, -0.2) is 28.1 Å². The summed E-state index contributed by atoms with van der Waals surface area (Å²) >= 11 is 7.91. The highest BCUT2D eigenvalue weighted by atomic mass is 35.5. The van der Waals surface area contributed by atoms with E-state index in [0.29, 0.717) is 0 Å². The van der Waals surface area contributed by atoms with E-state index in [1.165, 1.54) is 0 Å². The Morgan fingerprint density at radius 3 is 3.00 bits per heavy atom. The molecule has 5 heteroatoms. The van der Waals surface area contributed by atoms with Crippen molar-refractivity contribution in [1.82, 2.24) is 9.97 Å². The molecule has 16 heavy (non-hydrogen) atoms. The molecule has 88 valence electrons. The fourth-order valence-electron chi connectivity index (χ4n) is 1.68. The van der Waals surface area contributed by atoms with Gasteiger partial charge >= 0.3 is 0 Å². The van der Waals surface area contributed by atoms with Crippen LogP contribution in [0, 0.1) is 6.92 Å². The zero-order chi connectivity index (χ0) is 11.5. The number of thioether (sulfide) groups is 1. The molecule has 1 aromatic rings. The first-order chi connectivity index (χ1) is 7.68. The van der Waals surface area contributed by atoms with Crippen molar-refractivity contribution < 1.29 is 4.74 Å². The van der Waals surface area contributed by atoms with E-state index >= 15 is 0 Å². The predicted octanol–water partition coefficient (Wildman–Crippen LogP) is 2.89. The van der Waals surface area contributed by atoms with Crippen molar-refractivity contribution in [3.8, 4) is 0 Å². The highest BCUT2D eigenvalue weighted by Gasteiger charge is 2.20.